The molecule has 1 atom stereocenters. The Bertz CT molecular complexity index is 597. The summed E-state index contributed by atoms with van der Waals surface area (Å²) in [6.07, 6.45) is 0.00213. The van der Waals surface area contributed by atoms with E-state index in [1.54, 1.807) is 0 Å². The molecule has 2 rings (SSSR count). The van der Waals surface area contributed by atoms with Gasteiger partial charge in [0.05, 0.1) is 11.0 Å². The summed E-state index contributed by atoms with van der Waals surface area (Å²) in [4.78, 5) is 0.731. The van der Waals surface area contributed by atoms with Gasteiger partial charge >= 0.3 is 0 Å². The van der Waals surface area contributed by atoms with Gasteiger partial charge in [0.25, 0.3) is 0 Å². The van der Waals surface area contributed by atoms with Crippen LogP contribution in [0, 0.1) is 11.8 Å². The maximum Gasteiger partial charge on any atom is 0.189 e. The molecule has 0 N–H and O–H groups in total. The summed E-state index contributed by atoms with van der Waals surface area (Å²) < 4.78 is 18.2. The highest BCUT2D eigenvalue weighted by Gasteiger charge is 2.22. The molecule has 0 aliphatic heterocycles. The molecule has 0 heterocycles. The van der Waals surface area contributed by atoms with Crippen LogP contribution < -0.4 is 0 Å². The van der Waals surface area contributed by atoms with E-state index in [4.69, 9.17) is 4.18 Å². The summed E-state index contributed by atoms with van der Waals surface area (Å²) in [6, 6.07) is 13.9. The molecular formula is C17H22O2S. The molecule has 0 radical (unpaired) electrons. The van der Waals surface area contributed by atoms with Crippen LogP contribution in [-0.4, -0.2) is 10.3 Å². The number of hydrogen-bond donors (Lipinski definition) is 0. The number of rotatable bonds is 5. The Kier molecular flexibility index (Phi) is 4.95. The molecule has 3 heteroatoms. The van der Waals surface area contributed by atoms with E-state index in [-0.39, 0.29) is 6.10 Å². The van der Waals surface area contributed by atoms with E-state index >= 15 is 0 Å². The van der Waals surface area contributed by atoms with E-state index in [2.05, 4.69) is 27.7 Å². The predicted molar refractivity (Wildman–Crippen MR) is 84.9 cm³/mol. The Hall–Kier alpha value is -1.19. The largest absolute Gasteiger partial charge is 0.283 e. The van der Waals surface area contributed by atoms with E-state index in [1.165, 1.54) is 0 Å². The zero-order valence-corrected chi connectivity index (χ0v) is 13.3. The van der Waals surface area contributed by atoms with Gasteiger partial charge in [-0.15, -0.1) is 0 Å². The lowest BCUT2D eigenvalue weighted by atomic mass is 9.97. The van der Waals surface area contributed by atoms with Crippen molar-refractivity contribution in [3.63, 3.8) is 0 Å². The quantitative estimate of drug-likeness (QED) is 0.807. The van der Waals surface area contributed by atoms with Gasteiger partial charge in [-0.1, -0.05) is 58.0 Å². The number of benzene rings is 2. The molecule has 0 aliphatic rings. The van der Waals surface area contributed by atoms with Crippen molar-refractivity contribution in [2.24, 2.45) is 11.8 Å². The molecule has 2 aromatic carbocycles. The van der Waals surface area contributed by atoms with Crippen molar-refractivity contribution < 1.29 is 8.39 Å². The Morgan fingerprint density at radius 1 is 0.900 bits per heavy atom. The van der Waals surface area contributed by atoms with Crippen molar-refractivity contribution in [3.8, 4) is 0 Å². The van der Waals surface area contributed by atoms with Crippen LogP contribution in [0.15, 0.2) is 47.4 Å². The summed E-state index contributed by atoms with van der Waals surface area (Å²) in [7, 11) is 0. The molecule has 20 heavy (non-hydrogen) atoms. The third-order valence-electron chi connectivity index (χ3n) is 3.43. The Morgan fingerprint density at radius 3 is 2.10 bits per heavy atom. The molecule has 2 nitrogen and oxygen atoms in total. The van der Waals surface area contributed by atoms with E-state index < -0.39 is 11.1 Å². The van der Waals surface area contributed by atoms with Crippen molar-refractivity contribution >= 4 is 21.9 Å². The van der Waals surface area contributed by atoms with Crippen LogP contribution in [0.3, 0.4) is 0 Å². The molecule has 0 fully saturated rings. The molecular weight excluding hydrogens is 268 g/mol. The molecule has 0 amide bonds. The van der Waals surface area contributed by atoms with Crippen molar-refractivity contribution in [2.75, 3.05) is 0 Å². The van der Waals surface area contributed by atoms with Gasteiger partial charge < -0.3 is 0 Å². The highest BCUT2D eigenvalue weighted by atomic mass is 32.2. The zero-order valence-electron chi connectivity index (χ0n) is 12.5. The molecule has 0 unspecified atom stereocenters. The van der Waals surface area contributed by atoms with Crippen LogP contribution in [0.1, 0.15) is 27.7 Å². The second-order valence-corrected chi connectivity index (χ2v) is 6.93. The lowest BCUT2D eigenvalue weighted by molar-refractivity contribution is 0.121. The van der Waals surface area contributed by atoms with Crippen LogP contribution >= 0.6 is 0 Å². The Morgan fingerprint density at radius 2 is 1.50 bits per heavy atom. The van der Waals surface area contributed by atoms with E-state index in [0.29, 0.717) is 11.8 Å². The highest BCUT2D eigenvalue weighted by molar-refractivity contribution is 7.80. The smallest absolute Gasteiger partial charge is 0.189 e. The summed E-state index contributed by atoms with van der Waals surface area (Å²) in [5, 5.41) is 2.24. The van der Waals surface area contributed by atoms with Crippen LogP contribution in [0.25, 0.3) is 10.8 Å². The fraction of sp³-hybridized carbons (Fsp3) is 0.412. The fourth-order valence-electron chi connectivity index (χ4n) is 2.42. The minimum absolute atomic E-state index is 0.00213. The number of hydrogen-bond acceptors (Lipinski definition) is 2. The molecule has 2 aromatic rings. The average molecular weight is 290 g/mol. The molecule has 0 saturated carbocycles. The van der Waals surface area contributed by atoms with Gasteiger partial charge in [0, 0.05) is 0 Å². The topological polar surface area (TPSA) is 26.3 Å². The van der Waals surface area contributed by atoms with Crippen LogP contribution in [0.2, 0.25) is 0 Å². The van der Waals surface area contributed by atoms with Crippen molar-refractivity contribution in [2.45, 2.75) is 38.7 Å². The number of fused-ring (bicyclic) bond motifs is 1. The molecule has 0 spiro atoms. The Balaban J connectivity index is 2.22. The first-order chi connectivity index (χ1) is 9.49. The Labute approximate surface area is 123 Å². The first-order valence-corrected chi connectivity index (χ1v) is 8.14. The maximum absolute atomic E-state index is 12.4. The van der Waals surface area contributed by atoms with Gasteiger partial charge in [0.2, 0.25) is 0 Å². The second kappa shape index (κ2) is 6.51. The highest BCUT2D eigenvalue weighted by Crippen LogP contribution is 2.23. The summed E-state index contributed by atoms with van der Waals surface area (Å²) in [5.41, 5.74) is 0. The van der Waals surface area contributed by atoms with Crippen LogP contribution in [0.5, 0.6) is 0 Å². The molecule has 0 aromatic heterocycles. The molecule has 0 bridgehead atoms. The van der Waals surface area contributed by atoms with Crippen molar-refractivity contribution in [1.82, 2.24) is 0 Å². The van der Waals surface area contributed by atoms with Gasteiger partial charge in [-0.2, -0.15) is 0 Å². The van der Waals surface area contributed by atoms with Crippen LogP contribution in [0.4, 0.5) is 0 Å². The lowest BCUT2D eigenvalue weighted by Gasteiger charge is -2.23. The molecule has 108 valence electrons. The molecule has 0 aliphatic carbocycles. The van der Waals surface area contributed by atoms with Gasteiger partial charge in [-0.3, -0.25) is 4.18 Å². The fourth-order valence-corrected chi connectivity index (χ4v) is 3.58. The van der Waals surface area contributed by atoms with Gasteiger partial charge in [0.1, 0.15) is 0 Å². The SMILES string of the molecule is CC(C)C(O[S@@](=O)c1ccc2ccccc2c1)C(C)C. The van der Waals surface area contributed by atoms with Crippen LogP contribution in [-0.2, 0) is 15.3 Å². The third kappa shape index (κ3) is 3.47. The third-order valence-corrected chi connectivity index (χ3v) is 4.46. The lowest BCUT2D eigenvalue weighted by Crippen LogP contribution is -2.26. The monoisotopic (exact) mass is 290 g/mol. The van der Waals surface area contributed by atoms with Gasteiger partial charge in [0.15, 0.2) is 11.1 Å². The average Bonchev–Trinajstić information content (AvgIpc) is 2.43. The molecule has 0 saturated heterocycles. The summed E-state index contributed by atoms with van der Waals surface area (Å²) in [6.45, 7) is 8.40. The first kappa shape index (κ1) is 15.2. The van der Waals surface area contributed by atoms with E-state index in [9.17, 15) is 4.21 Å². The first-order valence-electron chi connectivity index (χ1n) is 7.06. The standard InChI is InChI=1S/C17H22O2S/c1-12(2)17(13(3)4)19-20(18)16-10-9-14-7-5-6-8-15(14)11-16/h5-13,17H,1-4H3/t20-/m1/s1. The van der Waals surface area contributed by atoms with Crippen molar-refractivity contribution in [1.29, 1.82) is 0 Å². The van der Waals surface area contributed by atoms with E-state index in [1.807, 2.05) is 42.5 Å². The minimum atomic E-state index is -1.41. The predicted octanol–water partition coefficient (Wildman–Crippen LogP) is 4.56. The summed E-state index contributed by atoms with van der Waals surface area (Å²) >= 11 is -1.41. The second-order valence-electron chi connectivity index (χ2n) is 5.79. The van der Waals surface area contributed by atoms with Crippen molar-refractivity contribution in [3.05, 3.63) is 42.5 Å². The summed E-state index contributed by atoms with van der Waals surface area (Å²) in [5.74, 6) is 0.693. The maximum atomic E-state index is 12.4. The van der Waals surface area contributed by atoms with Gasteiger partial charge in [-0.25, -0.2) is 4.21 Å². The minimum Gasteiger partial charge on any atom is -0.283 e. The van der Waals surface area contributed by atoms with E-state index in [0.717, 1.165) is 15.7 Å². The van der Waals surface area contributed by atoms with Gasteiger partial charge in [-0.05, 0) is 34.7 Å². The normalized spacial score (nSPS) is 13.6. The zero-order chi connectivity index (χ0) is 14.7.